The van der Waals surface area contributed by atoms with Gasteiger partial charge in [-0.1, -0.05) is 37.3 Å². The van der Waals surface area contributed by atoms with Crippen LogP contribution in [0.25, 0.3) is 38.8 Å². The van der Waals surface area contributed by atoms with Crippen LogP contribution in [0.2, 0.25) is 0 Å². The second-order valence-electron chi connectivity index (χ2n) is 16.9. The second-order valence-corrected chi connectivity index (χ2v) is 16.9. The number of benzene rings is 3. The molecule has 16 heteroatoms. The summed E-state index contributed by atoms with van der Waals surface area (Å²) < 4.78 is 10.1. The summed E-state index contributed by atoms with van der Waals surface area (Å²) in [6.45, 7) is 4.85. The molecule has 10 rings (SSSR count). The highest BCUT2D eigenvalue weighted by atomic mass is 16.5. The Morgan fingerprint density at radius 1 is 0.754 bits per heavy atom. The van der Waals surface area contributed by atoms with Gasteiger partial charge in [0.15, 0.2) is 0 Å². The van der Waals surface area contributed by atoms with Gasteiger partial charge in [-0.25, -0.2) is 23.8 Å². The van der Waals surface area contributed by atoms with Gasteiger partial charge in [0.2, 0.25) is 11.8 Å². The Morgan fingerprint density at radius 2 is 1.54 bits per heavy atom. The van der Waals surface area contributed by atoms with Crippen LogP contribution in [0.5, 0.6) is 6.01 Å². The van der Waals surface area contributed by atoms with Gasteiger partial charge in [-0.3, -0.25) is 34.4 Å². The number of aromatic nitrogens is 7. The summed E-state index contributed by atoms with van der Waals surface area (Å²) in [5, 5.41) is 12.4. The van der Waals surface area contributed by atoms with Crippen molar-refractivity contribution in [2.24, 2.45) is 14.1 Å². The lowest BCUT2D eigenvalue weighted by atomic mass is 9.86. The Kier molecular flexibility index (Phi) is 10.7. The Morgan fingerprint density at radius 3 is 2.28 bits per heavy atom. The van der Waals surface area contributed by atoms with Gasteiger partial charge in [0.1, 0.15) is 5.82 Å². The van der Waals surface area contributed by atoms with Crippen LogP contribution in [0.15, 0.2) is 102 Å². The van der Waals surface area contributed by atoms with Gasteiger partial charge in [0.25, 0.3) is 0 Å². The number of pyridine rings is 2. The summed E-state index contributed by atoms with van der Waals surface area (Å²) in [5.74, 6) is 0.0331. The Labute approximate surface area is 375 Å². The van der Waals surface area contributed by atoms with Gasteiger partial charge in [0, 0.05) is 75.7 Å². The van der Waals surface area contributed by atoms with Crippen LogP contribution >= 0.6 is 0 Å². The molecule has 3 fully saturated rings. The van der Waals surface area contributed by atoms with Crippen LogP contribution in [0.4, 0.5) is 22.0 Å². The number of ether oxygens (including phenoxy) is 1. The standard InChI is InChI=1S/C49H49N11O5/c1-5-36-38(18-22-51-45(36)59-26-25-58(49(59)64)35-7-6-21-50-29-35)37-14-13-34(60-47(65-4)54-56(3)48(60)63)27-41(37)32-10-8-30(9-11-32)31-19-23-57(24-20-31)33-12-15-39-42(28-33)55(2)53-44(39)40-16-17-43(61)52-46(40)62/h6-15,18,21-22,27-29,31,40H,5,16-17,19-20,23-26H2,1-4H3,(H,52,61,62). The average molecular weight is 872 g/mol. The van der Waals surface area contributed by atoms with Crippen molar-refractivity contribution in [2.45, 2.75) is 50.9 Å². The summed E-state index contributed by atoms with van der Waals surface area (Å²) in [7, 11) is 5.00. The number of rotatable bonds is 10. The monoisotopic (exact) mass is 871 g/mol. The second kappa shape index (κ2) is 16.8. The van der Waals surface area contributed by atoms with E-state index in [9.17, 15) is 19.2 Å². The maximum Gasteiger partial charge on any atom is 0.353 e. The van der Waals surface area contributed by atoms with E-state index in [4.69, 9.17) is 14.8 Å². The van der Waals surface area contributed by atoms with E-state index < -0.39 is 5.92 Å². The molecule has 0 saturated carbocycles. The zero-order valence-electron chi connectivity index (χ0n) is 36.8. The molecule has 3 saturated heterocycles. The molecule has 1 N–H and O–H groups in total. The zero-order chi connectivity index (χ0) is 44.9. The molecular formula is C49H49N11O5. The highest BCUT2D eigenvalue weighted by molar-refractivity contribution is 6.06. The maximum atomic E-state index is 13.9. The number of methoxy groups -OCH3 is 1. The van der Waals surface area contributed by atoms with Gasteiger partial charge in [-0.15, -0.1) is 5.10 Å². The smallest absolute Gasteiger partial charge is 0.353 e. The first-order chi connectivity index (χ1) is 31.6. The van der Waals surface area contributed by atoms with Crippen LogP contribution in [-0.4, -0.2) is 85.2 Å². The molecule has 3 aromatic carbocycles. The van der Waals surface area contributed by atoms with Gasteiger partial charge < -0.3 is 9.64 Å². The number of hydrogen-bond acceptors (Lipinski definition) is 10. The first-order valence-corrected chi connectivity index (χ1v) is 22.1. The third kappa shape index (κ3) is 7.37. The Balaban J connectivity index is 0.935. The average Bonchev–Trinajstić information content (AvgIpc) is 3.99. The lowest BCUT2D eigenvalue weighted by Crippen LogP contribution is -2.39. The van der Waals surface area contributed by atoms with E-state index in [1.165, 1.54) is 21.9 Å². The van der Waals surface area contributed by atoms with E-state index >= 15 is 0 Å². The molecule has 0 spiro atoms. The first kappa shape index (κ1) is 41.4. The molecule has 3 aliphatic heterocycles. The minimum absolute atomic E-state index is 0.146. The Hall–Kier alpha value is -7.62. The quantitative estimate of drug-likeness (QED) is 0.150. The van der Waals surface area contributed by atoms with Crippen molar-refractivity contribution in [2.75, 3.05) is 48.0 Å². The fraction of sp³-hybridized carbons (Fsp3) is 0.306. The molecule has 16 nitrogen and oxygen atoms in total. The number of nitrogens with zero attached hydrogens (tertiary/aromatic N) is 10. The molecule has 65 heavy (non-hydrogen) atoms. The van der Waals surface area contributed by atoms with Crippen molar-refractivity contribution in [1.29, 1.82) is 0 Å². The highest BCUT2D eigenvalue weighted by Crippen LogP contribution is 2.41. The molecule has 4 amide bonds. The Bertz CT molecular complexity index is 3040. The molecule has 3 aliphatic rings. The number of anilines is 3. The third-order valence-corrected chi connectivity index (χ3v) is 13.2. The summed E-state index contributed by atoms with van der Waals surface area (Å²) >= 11 is 0. The first-order valence-electron chi connectivity index (χ1n) is 22.1. The predicted molar refractivity (Wildman–Crippen MR) is 248 cm³/mol. The van der Waals surface area contributed by atoms with E-state index in [0.717, 1.165) is 81.7 Å². The summed E-state index contributed by atoms with van der Waals surface area (Å²) in [5.41, 5.74) is 9.80. The molecule has 1 atom stereocenters. The molecular weight excluding hydrogens is 823 g/mol. The lowest BCUT2D eigenvalue weighted by Gasteiger charge is -2.34. The van der Waals surface area contributed by atoms with E-state index in [0.29, 0.717) is 49.8 Å². The van der Waals surface area contributed by atoms with Crippen LogP contribution in [-0.2, 0) is 30.1 Å². The SMILES string of the molecule is CCc1c(-c2ccc(-n3c(OC)nn(C)c3=O)cc2-c2ccc(C3CCN(c4ccc5c(C6CCC(=O)NC6=O)nn(C)c5c4)CC3)cc2)ccnc1N1CCN(c2cccnc2)C1=O. The van der Waals surface area contributed by atoms with Crippen molar-refractivity contribution in [3.05, 3.63) is 125 Å². The number of aryl methyl sites for hydroxylation is 2. The molecule has 0 bridgehead atoms. The van der Waals surface area contributed by atoms with E-state index in [1.54, 1.807) is 35.4 Å². The van der Waals surface area contributed by atoms with Crippen LogP contribution < -0.4 is 30.4 Å². The van der Waals surface area contributed by atoms with Crippen molar-refractivity contribution < 1.29 is 19.1 Å². The van der Waals surface area contributed by atoms with Gasteiger partial charge in [0.05, 0.1) is 41.8 Å². The van der Waals surface area contributed by atoms with Crippen molar-refractivity contribution in [1.82, 2.24) is 39.4 Å². The predicted octanol–water partition coefficient (Wildman–Crippen LogP) is 6.50. The number of fused-ring (bicyclic) bond motifs is 1. The van der Waals surface area contributed by atoms with Crippen molar-refractivity contribution in [3.63, 3.8) is 0 Å². The van der Waals surface area contributed by atoms with E-state index in [-0.39, 0.29) is 29.5 Å². The van der Waals surface area contributed by atoms with Crippen LogP contribution in [0, 0.1) is 0 Å². The number of hydrogen-bond donors (Lipinski definition) is 1. The normalized spacial score (nSPS) is 17.1. The largest absolute Gasteiger partial charge is 0.467 e. The lowest BCUT2D eigenvalue weighted by molar-refractivity contribution is -0.134. The number of imide groups is 1. The van der Waals surface area contributed by atoms with Crippen LogP contribution in [0.1, 0.15) is 61.3 Å². The molecule has 7 aromatic rings. The van der Waals surface area contributed by atoms with E-state index in [1.807, 2.05) is 48.1 Å². The molecule has 0 aliphatic carbocycles. The molecule has 4 aromatic heterocycles. The minimum atomic E-state index is -0.441. The number of nitrogens with one attached hydrogen (secondary N) is 1. The minimum Gasteiger partial charge on any atom is -0.467 e. The van der Waals surface area contributed by atoms with Gasteiger partial charge >= 0.3 is 17.7 Å². The summed E-state index contributed by atoms with van der Waals surface area (Å²) in [6.07, 6.45) is 8.51. The topological polar surface area (TPSA) is 166 Å². The van der Waals surface area contributed by atoms with Crippen molar-refractivity contribution in [3.8, 4) is 34.0 Å². The zero-order valence-corrected chi connectivity index (χ0v) is 36.8. The number of carbonyl (C=O) groups excluding carboxylic acids is 3. The number of urea groups is 1. The van der Waals surface area contributed by atoms with Crippen molar-refractivity contribution >= 4 is 45.9 Å². The molecule has 1 unspecified atom stereocenters. The molecule has 330 valence electrons. The number of amides is 4. The molecule has 7 heterocycles. The van der Waals surface area contributed by atoms with Gasteiger partial charge in [-0.2, -0.15) is 5.10 Å². The fourth-order valence-electron chi connectivity index (χ4n) is 9.83. The fourth-order valence-corrected chi connectivity index (χ4v) is 9.83. The third-order valence-electron chi connectivity index (χ3n) is 13.2. The number of carbonyl (C=O) groups is 3. The summed E-state index contributed by atoms with van der Waals surface area (Å²) in [4.78, 5) is 66.7. The maximum absolute atomic E-state index is 13.9. The highest BCUT2D eigenvalue weighted by Gasteiger charge is 2.34. The van der Waals surface area contributed by atoms with Gasteiger partial charge in [-0.05, 0) is 108 Å². The summed E-state index contributed by atoms with van der Waals surface area (Å²) in [6, 6.07) is 26.8. The molecule has 0 radical (unpaired) electrons. The number of piperidine rings is 2. The van der Waals surface area contributed by atoms with Crippen LogP contribution in [0.3, 0.4) is 0 Å². The van der Waals surface area contributed by atoms with E-state index in [2.05, 4.69) is 69.7 Å².